The molecule has 5 heterocycles. The Bertz CT molecular complexity index is 1640. The molecular weight excluding hydrogens is 591 g/mol. The van der Waals surface area contributed by atoms with Crippen molar-refractivity contribution >= 4 is 35.1 Å². The summed E-state index contributed by atoms with van der Waals surface area (Å²) in [5.74, 6) is 0.413. The highest BCUT2D eigenvalue weighted by Crippen LogP contribution is 2.39. The standard InChI is InChI=1S/C33H39FN8O4/c1-4-40-19-33(2,3)46-29-27(30(40)43)28(38-31(39-29)42-18-26(42)45-22-8-7-9-22)20-10-12-24(23(34)16-20)37-32(44)36-21-11-13-25(35-17-21)41-14-5-6-15-41/h10-13,16-17,22,26H,4-9,14-15,18-19H2,1-3H3,(H2,36,37,44). The first-order valence-electron chi connectivity index (χ1n) is 16.1. The number of amides is 3. The molecule has 2 saturated heterocycles. The van der Waals surface area contributed by atoms with Crippen LogP contribution in [0.3, 0.4) is 0 Å². The van der Waals surface area contributed by atoms with Crippen LogP contribution in [-0.4, -0.2) is 82.4 Å². The van der Waals surface area contributed by atoms with Gasteiger partial charge in [-0.05, 0) is 77.1 Å². The van der Waals surface area contributed by atoms with E-state index < -0.39 is 17.4 Å². The molecule has 0 radical (unpaired) electrons. The Morgan fingerprint density at radius 1 is 1.11 bits per heavy atom. The molecule has 0 bridgehead atoms. The smallest absolute Gasteiger partial charge is 0.323 e. The Hall–Kier alpha value is -4.52. The van der Waals surface area contributed by atoms with Gasteiger partial charge in [-0.1, -0.05) is 6.07 Å². The number of ether oxygens (including phenoxy) is 2. The second kappa shape index (κ2) is 12.0. The number of hydrogen-bond donors (Lipinski definition) is 2. The molecule has 2 aromatic heterocycles. The molecule has 3 aliphatic heterocycles. The minimum absolute atomic E-state index is 0.0259. The van der Waals surface area contributed by atoms with Crippen LogP contribution in [0.15, 0.2) is 36.5 Å². The number of likely N-dealkylation sites (N-methyl/N-ethyl adjacent to an activating group) is 1. The molecule has 46 heavy (non-hydrogen) atoms. The van der Waals surface area contributed by atoms with Gasteiger partial charge in [0.05, 0.1) is 42.5 Å². The number of nitrogens with one attached hydrogen (secondary N) is 2. The van der Waals surface area contributed by atoms with Crippen LogP contribution in [0.1, 0.15) is 63.2 Å². The van der Waals surface area contributed by atoms with E-state index in [2.05, 4.69) is 25.5 Å². The molecule has 7 rings (SSSR count). The van der Waals surface area contributed by atoms with Gasteiger partial charge in [-0.3, -0.25) is 4.79 Å². The highest BCUT2D eigenvalue weighted by atomic mass is 19.1. The van der Waals surface area contributed by atoms with Crippen LogP contribution in [0.25, 0.3) is 11.3 Å². The van der Waals surface area contributed by atoms with Crippen molar-refractivity contribution < 1.29 is 23.5 Å². The third kappa shape index (κ3) is 6.15. The lowest BCUT2D eigenvalue weighted by atomic mass is 9.96. The van der Waals surface area contributed by atoms with E-state index in [1.165, 1.54) is 12.1 Å². The maximum atomic E-state index is 15.6. The second-order valence-corrected chi connectivity index (χ2v) is 12.9. The van der Waals surface area contributed by atoms with E-state index in [0.717, 1.165) is 51.0 Å². The quantitative estimate of drug-likeness (QED) is 0.320. The number of aromatic nitrogens is 3. The van der Waals surface area contributed by atoms with Crippen LogP contribution < -0.4 is 25.2 Å². The molecule has 3 aromatic rings. The van der Waals surface area contributed by atoms with Crippen molar-refractivity contribution in [1.29, 1.82) is 0 Å². The van der Waals surface area contributed by atoms with E-state index in [1.807, 2.05) is 31.7 Å². The Balaban J connectivity index is 1.14. The zero-order chi connectivity index (χ0) is 32.0. The molecule has 1 aromatic carbocycles. The van der Waals surface area contributed by atoms with Crippen LogP contribution >= 0.6 is 0 Å². The molecule has 0 spiro atoms. The van der Waals surface area contributed by atoms with Gasteiger partial charge in [0.25, 0.3) is 5.91 Å². The first-order valence-corrected chi connectivity index (χ1v) is 16.1. The van der Waals surface area contributed by atoms with Crippen LogP contribution in [0, 0.1) is 5.82 Å². The van der Waals surface area contributed by atoms with Crippen molar-refractivity contribution in [3.8, 4) is 17.1 Å². The average Bonchev–Trinajstić information content (AvgIpc) is 3.59. The van der Waals surface area contributed by atoms with Gasteiger partial charge in [0.1, 0.15) is 22.8 Å². The number of benzene rings is 1. The molecule has 3 fully saturated rings. The maximum Gasteiger partial charge on any atom is 0.323 e. The van der Waals surface area contributed by atoms with Crippen LogP contribution in [0.5, 0.6) is 5.88 Å². The Kier molecular flexibility index (Phi) is 7.87. The Morgan fingerprint density at radius 2 is 1.91 bits per heavy atom. The van der Waals surface area contributed by atoms with Crippen LogP contribution in [0.4, 0.5) is 32.3 Å². The molecule has 2 N–H and O–H groups in total. The molecule has 1 atom stereocenters. The van der Waals surface area contributed by atoms with Gasteiger partial charge in [0.2, 0.25) is 11.8 Å². The molecule has 1 saturated carbocycles. The molecule has 242 valence electrons. The van der Waals surface area contributed by atoms with Gasteiger partial charge >= 0.3 is 6.03 Å². The number of rotatable bonds is 8. The number of fused-ring (bicyclic) bond motifs is 1. The highest BCUT2D eigenvalue weighted by molar-refractivity contribution is 6.03. The lowest BCUT2D eigenvalue weighted by Gasteiger charge is -2.28. The third-order valence-electron chi connectivity index (χ3n) is 8.84. The normalized spacial score (nSPS) is 20.5. The number of carbonyl (C=O) groups excluding carboxylic acids is 2. The summed E-state index contributed by atoms with van der Waals surface area (Å²) in [5.41, 5.74) is 0.548. The van der Waals surface area contributed by atoms with E-state index in [-0.39, 0.29) is 41.1 Å². The molecule has 1 unspecified atom stereocenters. The van der Waals surface area contributed by atoms with Crippen molar-refractivity contribution in [2.75, 3.05) is 53.2 Å². The Morgan fingerprint density at radius 3 is 2.59 bits per heavy atom. The van der Waals surface area contributed by atoms with Crippen LogP contribution in [-0.2, 0) is 4.74 Å². The number of carbonyl (C=O) groups is 2. The molecule has 3 amide bonds. The number of anilines is 4. The zero-order valence-corrected chi connectivity index (χ0v) is 26.4. The number of pyridine rings is 1. The van der Waals surface area contributed by atoms with Crippen molar-refractivity contribution in [3.05, 3.63) is 47.9 Å². The van der Waals surface area contributed by atoms with Gasteiger partial charge < -0.3 is 34.8 Å². The summed E-state index contributed by atoms with van der Waals surface area (Å²) < 4.78 is 28.1. The fraction of sp³-hybridized carbons (Fsp3) is 0.485. The third-order valence-corrected chi connectivity index (χ3v) is 8.84. The number of urea groups is 1. The van der Waals surface area contributed by atoms with Gasteiger partial charge in [0, 0.05) is 25.2 Å². The van der Waals surface area contributed by atoms with Gasteiger partial charge in [-0.25, -0.2) is 19.2 Å². The predicted molar refractivity (Wildman–Crippen MR) is 172 cm³/mol. The van der Waals surface area contributed by atoms with Crippen molar-refractivity contribution in [2.24, 2.45) is 0 Å². The molecule has 13 heteroatoms. The SMILES string of the molecule is CCN1CC(C)(C)Oc2nc(N3CC3OC3CCC3)nc(-c3ccc(NC(=O)Nc4ccc(N5CCCC5)nc4)c(F)c3)c2C1=O. The monoisotopic (exact) mass is 630 g/mol. The highest BCUT2D eigenvalue weighted by Gasteiger charge is 2.43. The predicted octanol–water partition coefficient (Wildman–Crippen LogP) is 5.27. The first-order chi connectivity index (χ1) is 22.2. The fourth-order valence-electron chi connectivity index (χ4n) is 6.09. The molecular formula is C33H39FN8O4. The minimum Gasteiger partial charge on any atom is -0.469 e. The van der Waals surface area contributed by atoms with E-state index in [9.17, 15) is 9.59 Å². The fourth-order valence-corrected chi connectivity index (χ4v) is 6.09. The number of halogens is 1. The van der Waals surface area contributed by atoms with Gasteiger partial charge in [-0.2, -0.15) is 4.98 Å². The van der Waals surface area contributed by atoms with Crippen molar-refractivity contribution in [2.45, 2.75) is 70.8 Å². The number of nitrogens with zero attached hydrogens (tertiary/aromatic N) is 6. The van der Waals surface area contributed by atoms with E-state index in [4.69, 9.17) is 14.5 Å². The summed E-state index contributed by atoms with van der Waals surface area (Å²) in [7, 11) is 0. The van der Waals surface area contributed by atoms with Crippen molar-refractivity contribution in [1.82, 2.24) is 19.9 Å². The van der Waals surface area contributed by atoms with E-state index >= 15 is 4.39 Å². The largest absolute Gasteiger partial charge is 0.469 e. The summed E-state index contributed by atoms with van der Waals surface area (Å²) >= 11 is 0. The second-order valence-electron chi connectivity index (χ2n) is 12.9. The first kappa shape index (κ1) is 30.2. The lowest BCUT2D eigenvalue weighted by Crippen LogP contribution is -2.42. The summed E-state index contributed by atoms with van der Waals surface area (Å²) in [6, 6.07) is 7.37. The molecule has 1 aliphatic carbocycles. The maximum absolute atomic E-state index is 15.6. The van der Waals surface area contributed by atoms with E-state index in [0.29, 0.717) is 36.8 Å². The number of hydrogen-bond acceptors (Lipinski definition) is 9. The summed E-state index contributed by atoms with van der Waals surface area (Å²) in [5, 5.41) is 5.27. The minimum atomic E-state index is -0.711. The Labute approximate surface area is 267 Å². The molecule has 12 nitrogen and oxygen atoms in total. The van der Waals surface area contributed by atoms with E-state index in [1.54, 1.807) is 23.2 Å². The van der Waals surface area contributed by atoms with Crippen LogP contribution in [0.2, 0.25) is 0 Å². The van der Waals surface area contributed by atoms with Gasteiger partial charge in [-0.15, -0.1) is 0 Å². The van der Waals surface area contributed by atoms with Crippen molar-refractivity contribution in [3.63, 3.8) is 0 Å². The summed E-state index contributed by atoms with van der Waals surface area (Å²) in [4.78, 5) is 46.3. The van der Waals surface area contributed by atoms with Gasteiger partial charge in [0.15, 0.2) is 6.23 Å². The summed E-state index contributed by atoms with van der Waals surface area (Å²) in [6.07, 6.45) is 7.21. The zero-order valence-electron chi connectivity index (χ0n) is 26.4. The molecule has 4 aliphatic rings. The topological polar surface area (TPSA) is 125 Å². The lowest BCUT2D eigenvalue weighted by molar-refractivity contribution is -0.00681. The average molecular weight is 631 g/mol. The summed E-state index contributed by atoms with van der Waals surface area (Å²) in [6.45, 7) is 9.08.